The van der Waals surface area contributed by atoms with E-state index in [1.165, 1.54) is 17.6 Å². The number of carbonyl (C=O) groups excluding carboxylic acids is 2. The third-order valence-electron chi connectivity index (χ3n) is 5.37. The minimum atomic E-state index is -0.879. The number of aryl methyl sites for hydroxylation is 1. The molecule has 0 aliphatic heterocycles. The van der Waals surface area contributed by atoms with Crippen molar-refractivity contribution in [1.82, 2.24) is 0 Å². The molecule has 0 unspecified atom stereocenters. The Morgan fingerprint density at radius 1 is 0.871 bits per heavy atom. The Bertz CT molecular complexity index is 1060. The van der Waals surface area contributed by atoms with Crippen molar-refractivity contribution in [2.45, 2.75) is 39.7 Å². The molecule has 31 heavy (non-hydrogen) atoms. The Kier molecular flexibility index (Phi) is 6.59. The number of hydrogen-bond donors (Lipinski definition) is 0. The fourth-order valence-corrected chi connectivity index (χ4v) is 3.47. The second kappa shape index (κ2) is 9.17. The summed E-state index contributed by atoms with van der Waals surface area (Å²) < 4.78 is 4.74. The van der Waals surface area contributed by atoms with E-state index in [4.69, 9.17) is 4.74 Å². The van der Waals surface area contributed by atoms with E-state index < -0.39 is 11.9 Å². The predicted molar refractivity (Wildman–Crippen MR) is 125 cm³/mol. The fourth-order valence-electron chi connectivity index (χ4n) is 3.47. The molecule has 0 N–H and O–H groups in total. The van der Waals surface area contributed by atoms with E-state index in [1.54, 1.807) is 0 Å². The molecular formula is C27H29NO3. The Balaban J connectivity index is 2.02. The first-order valence-corrected chi connectivity index (χ1v) is 10.4. The Hall–Kier alpha value is -3.40. The molecule has 3 aromatic carbocycles. The molecule has 4 heteroatoms. The molecule has 0 bridgehead atoms. The molecule has 0 aliphatic rings. The van der Waals surface area contributed by atoms with Gasteiger partial charge in [0, 0.05) is 5.69 Å². The molecule has 0 saturated heterocycles. The van der Waals surface area contributed by atoms with Crippen molar-refractivity contribution in [2.24, 2.45) is 0 Å². The van der Waals surface area contributed by atoms with Crippen molar-refractivity contribution in [1.29, 1.82) is 0 Å². The van der Waals surface area contributed by atoms with E-state index in [2.05, 4.69) is 32.9 Å². The van der Waals surface area contributed by atoms with Crippen LogP contribution < -0.4 is 4.90 Å². The third-order valence-corrected chi connectivity index (χ3v) is 5.37. The quantitative estimate of drug-likeness (QED) is 0.408. The summed E-state index contributed by atoms with van der Waals surface area (Å²) in [4.78, 5) is 26.6. The van der Waals surface area contributed by atoms with Crippen molar-refractivity contribution in [2.75, 3.05) is 12.0 Å². The van der Waals surface area contributed by atoms with Gasteiger partial charge in [-0.25, -0.2) is 4.79 Å². The highest BCUT2D eigenvalue weighted by molar-refractivity contribution is 6.38. The van der Waals surface area contributed by atoms with Crippen molar-refractivity contribution in [3.8, 4) is 11.1 Å². The molecule has 0 spiro atoms. The maximum absolute atomic E-state index is 13.0. The summed E-state index contributed by atoms with van der Waals surface area (Å²) in [7, 11) is 1.23. The van der Waals surface area contributed by atoms with Crippen LogP contribution in [-0.4, -0.2) is 19.0 Å². The number of carbonyl (C=O) groups is 2. The molecule has 0 atom stereocenters. The summed E-state index contributed by atoms with van der Waals surface area (Å²) in [5.41, 5.74) is 5.82. The topological polar surface area (TPSA) is 46.6 Å². The normalized spacial score (nSPS) is 11.1. The van der Waals surface area contributed by atoms with Crippen LogP contribution in [0.25, 0.3) is 11.1 Å². The predicted octanol–water partition coefficient (Wildman–Crippen LogP) is 5.67. The van der Waals surface area contributed by atoms with Gasteiger partial charge in [0.15, 0.2) is 0 Å². The van der Waals surface area contributed by atoms with Crippen LogP contribution in [0.2, 0.25) is 0 Å². The van der Waals surface area contributed by atoms with E-state index >= 15 is 0 Å². The number of rotatable bonds is 4. The number of amides is 1. The summed E-state index contributed by atoms with van der Waals surface area (Å²) in [5, 5.41) is 0. The minimum absolute atomic E-state index is 0.0423. The Morgan fingerprint density at radius 3 is 2.10 bits per heavy atom. The van der Waals surface area contributed by atoms with Crippen LogP contribution in [0, 0.1) is 6.92 Å². The van der Waals surface area contributed by atoms with Crippen molar-refractivity contribution in [3.05, 3.63) is 89.5 Å². The van der Waals surface area contributed by atoms with E-state index in [1.807, 2.05) is 67.6 Å². The molecule has 3 aromatic rings. The molecule has 3 rings (SSSR count). The molecule has 0 radical (unpaired) electrons. The monoisotopic (exact) mass is 415 g/mol. The molecule has 1 amide bonds. The van der Waals surface area contributed by atoms with Crippen molar-refractivity contribution in [3.63, 3.8) is 0 Å². The van der Waals surface area contributed by atoms with Gasteiger partial charge in [-0.3, -0.25) is 9.69 Å². The highest BCUT2D eigenvalue weighted by Crippen LogP contribution is 2.30. The molecule has 0 fully saturated rings. The summed E-state index contributed by atoms with van der Waals surface area (Å²) in [5.74, 6) is -1.56. The molecular weight excluding hydrogens is 386 g/mol. The molecule has 0 heterocycles. The van der Waals surface area contributed by atoms with Crippen molar-refractivity contribution >= 4 is 17.6 Å². The molecule has 0 saturated carbocycles. The van der Waals surface area contributed by atoms with Crippen molar-refractivity contribution < 1.29 is 14.3 Å². The zero-order valence-electron chi connectivity index (χ0n) is 18.8. The van der Waals surface area contributed by atoms with Gasteiger partial charge < -0.3 is 4.74 Å². The lowest BCUT2D eigenvalue weighted by Crippen LogP contribution is -2.37. The SMILES string of the molecule is COC(=O)C(=O)N(Cc1ccc(C(C)(C)C)cc1)c1cc(-c2ccccc2)ccc1C. The summed E-state index contributed by atoms with van der Waals surface area (Å²) >= 11 is 0. The zero-order valence-corrected chi connectivity index (χ0v) is 18.8. The second-order valence-corrected chi connectivity index (χ2v) is 8.70. The minimum Gasteiger partial charge on any atom is -0.462 e. The Labute approximate surface area is 184 Å². The standard InChI is InChI=1S/C27H29NO3/c1-19-11-14-22(21-9-7-6-8-10-21)17-24(19)28(25(29)26(30)31-5)18-20-12-15-23(16-13-20)27(2,3)4/h6-17H,18H2,1-5H3. The number of nitrogens with zero attached hydrogens (tertiary/aromatic N) is 1. The second-order valence-electron chi connectivity index (χ2n) is 8.70. The average molecular weight is 416 g/mol. The molecule has 4 nitrogen and oxygen atoms in total. The van der Waals surface area contributed by atoms with Crippen LogP contribution in [0.15, 0.2) is 72.8 Å². The van der Waals surface area contributed by atoms with Crippen LogP contribution >= 0.6 is 0 Å². The first-order chi connectivity index (χ1) is 14.7. The number of ether oxygens (including phenoxy) is 1. The largest absolute Gasteiger partial charge is 0.462 e. The summed E-state index contributed by atoms with van der Waals surface area (Å²) in [6.07, 6.45) is 0. The highest BCUT2D eigenvalue weighted by atomic mass is 16.5. The number of benzene rings is 3. The zero-order chi connectivity index (χ0) is 22.6. The third kappa shape index (κ3) is 5.21. The lowest BCUT2D eigenvalue weighted by Gasteiger charge is -2.25. The maximum atomic E-state index is 13.0. The summed E-state index contributed by atoms with van der Waals surface area (Å²) in [6.45, 7) is 8.69. The van der Waals surface area contributed by atoms with E-state index in [-0.39, 0.29) is 12.0 Å². The van der Waals surface area contributed by atoms with Gasteiger partial charge >= 0.3 is 11.9 Å². The first-order valence-electron chi connectivity index (χ1n) is 10.4. The van der Waals surface area contributed by atoms with Gasteiger partial charge in [-0.05, 0) is 46.2 Å². The van der Waals surface area contributed by atoms with Crippen LogP contribution in [0.5, 0.6) is 0 Å². The van der Waals surface area contributed by atoms with Gasteiger partial charge in [0.2, 0.25) is 0 Å². The molecule has 160 valence electrons. The molecule has 0 aliphatic carbocycles. The first kappa shape index (κ1) is 22.3. The molecule has 0 aromatic heterocycles. The fraction of sp³-hybridized carbons (Fsp3) is 0.259. The van der Waals surface area contributed by atoms with E-state index in [0.29, 0.717) is 5.69 Å². The van der Waals surface area contributed by atoms with Gasteiger partial charge in [0.1, 0.15) is 0 Å². The van der Waals surface area contributed by atoms with E-state index in [0.717, 1.165) is 22.3 Å². The van der Waals surface area contributed by atoms with Crippen LogP contribution in [0.1, 0.15) is 37.5 Å². The lowest BCUT2D eigenvalue weighted by molar-refractivity contribution is -0.151. The highest BCUT2D eigenvalue weighted by Gasteiger charge is 2.26. The smallest absolute Gasteiger partial charge is 0.397 e. The van der Waals surface area contributed by atoms with E-state index in [9.17, 15) is 9.59 Å². The van der Waals surface area contributed by atoms with Gasteiger partial charge in [-0.1, -0.05) is 87.5 Å². The number of methoxy groups -OCH3 is 1. The van der Waals surface area contributed by atoms with Crippen LogP contribution in [-0.2, 0) is 26.3 Å². The number of anilines is 1. The maximum Gasteiger partial charge on any atom is 0.397 e. The average Bonchev–Trinajstić information content (AvgIpc) is 2.77. The number of hydrogen-bond acceptors (Lipinski definition) is 3. The van der Waals surface area contributed by atoms with Gasteiger partial charge in [-0.15, -0.1) is 0 Å². The Morgan fingerprint density at radius 2 is 1.52 bits per heavy atom. The summed E-state index contributed by atoms with van der Waals surface area (Å²) in [6, 6.07) is 24.1. The van der Waals surface area contributed by atoms with Gasteiger partial charge in [0.25, 0.3) is 0 Å². The number of esters is 1. The van der Waals surface area contributed by atoms with Gasteiger partial charge in [-0.2, -0.15) is 0 Å². The van der Waals surface area contributed by atoms with Crippen LogP contribution in [0.3, 0.4) is 0 Å². The lowest BCUT2D eigenvalue weighted by atomic mass is 9.87. The van der Waals surface area contributed by atoms with Crippen LogP contribution in [0.4, 0.5) is 5.69 Å². The van der Waals surface area contributed by atoms with Gasteiger partial charge in [0.05, 0.1) is 13.7 Å².